The minimum Gasteiger partial charge on any atom is -0.458 e. The van der Waals surface area contributed by atoms with Crippen molar-refractivity contribution in [2.45, 2.75) is 20.0 Å². The lowest BCUT2D eigenvalue weighted by atomic mass is 10.3. The molecule has 2 rings (SSSR count). The highest BCUT2D eigenvalue weighted by molar-refractivity contribution is 6.29. The van der Waals surface area contributed by atoms with E-state index in [1.165, 1.54) is 0 Å². The highest BCUT2D eigenvalue weighted by Gasteiger charge is 2.09. The standard InChI is InChI=1S/C12H13ClN2O2/c1-3-9-4-5-10(17-9)12-14-8(7-16-2)6-11(13)15-12/h4-6H,3,7H2,1-2H3. The van der Waals surface area contributed by atoms with E-state index in [1.54, 1.807) is 13.2 Å². The van der Waals surface area contributed by atoms with Crippen LogP contribution in [0.4, 0.5) is 0 Å². The van der Waals surface area contributed by atoms with Crippen molar-refractivity contribution in [2.24, 2.45) is 0 Å². The molecule has 0 saturated heterocycles. The maximum Gasteiger partial charge on any atom is 0.197 e. The van der Waals surface area contributed by atoms with Gasteiger partial charge in [-0.15, -0.1) is 0 Å². The molecule has 0 N–H and O–H groups in total. The van der Waals surface area contributed by atoms with Crippen molar-refractivity contribution < 1.29 is 9.15 Å². The Morgan fingerprint density at radius 3 is 2.82 bits per heavy atom. The van der Waals surface area contributed by atoms with Gasteiger partial charge in [0.05, 0.1) is 12.3 Å². The molecule has 0 atom stereocenters. The van der Waals surface area contributed by atoms with Crippen molar-refractivity contribution >= 4 is 11.6 Å². The molecule has 0 amide bonds. The Morgan fingerprint density at radius 1 is 1.35 bits per heavy atom. The fourth-order valence-corrected chi connectivity index (χ4v) is 1.69. The molecular formula is C12H13ClN2O2. The first-order valence-corrected chi connectivity index (χ1v) is 5.72. The summed E-state index contributed by atoms with van der Waals surface area (Å²) in [5, 5.41) is 0.386. The van der Waals surface area contributed by atoms with E-state index >= 15 is 0 Å². The van der Waals surface area contributed by atoms with Crippen molar-refractivity contribution in [1.82, 2.24) is 9.97 Å². The first-order valence-electron chi connectivity index (χ1n) is 5.34. The summed E-state index contributed by atoms with van der Waals surface area (Å²) in [5.74, 6) is 2.02. The van der Waals surface area contributed by atoms with Gasteiger partial charge in [-0.05, 0) is 18.2 Å². The second kappa shape index (κ2) is 5.29. The third kappa shape index (κ3) is 2.84. The number of hydrogen-bond acceptors (Lipinski definition) is 4. The van der Waals surface area contributed by atoms with Crippen LogP contribution in [0.15, 0.2) is 22.6 Å². The Hall–Kier alpha value is -1.39. The zero-order chi connectivity index (χ0) is 12.3. The molecular weight excluding hydrogens is 240 g/mol. The summed E-state index contributed by atoms with van der Waals surface area (Å²) >= 11 is 5.93. The van der Waals surface area contributed by atoms with Crippen molar-refractivity contribution in [3.05, 3.63) is 34.8 Å². The van der Waals surface area contributed by atoms with Gasteiger partial charge in [0, 0.05) is 13.5 Å². The molecule has 0 aromatic carbocycles. The molecule has 2 aromatic rings. The van der Waals surface area contributed by atoms with E-state index in [9.17, 15) is 0 Å². The molecule has 17 heavy (non-hydrogen) atoms. The zero-order valence-corrected chi connectivity index (χ0v) is 10.5. The Kier molecular flexibility index (Phi) is 3.76. The predicted octanol–water partition coefficient (Wildman–Crippen LogP) is 3.10. The third-order valence-electron chi connectivity index (χ3n) is 2.27. The lowest BCUT2D eigenvalue weighted by Gasteiger charge is -2.02. The second-order valence-electron chi connectivity index (χ2n) is 3.56. The van der Waals surface area contributed by atoms with Gasteiger partial charge in [0.15, 0.2) is 11.6 Å². The lowest BCUT2D eigenvalue weighted by molar-refractivity contribution is 0.181. The van der Waals surface area contributed by atoms with E-state index in [2.05, 4.69) is 9.97 Å². The van der Waals surface area contributed by atoms with Crippen LogP contribution in [0.2, 0.25) is 5.15 Å². The molecule has 2 heterocycles. The third-order valence-corrected chi connectivity index (χ3v) is 2.46. The number of methoxy groups -OCH3 is 1. The van der Waals surface area contributed by atoms with Gasteiger partial charge in [-0.1, -0.05) is 18.5 Å². The molecule has 0 unspecified atom stereocenters. The molecule has 0 aliphatic carbocycles. The molecule has 5 heteroatoms. The van der Waals surface area contributed by atoms with Crippen molar-refractivity contribution in [3.8, 4) is 11.6 Å². The number of aryl methyl sites for hydroxylation is 1. The Bertz CT molecular complexity index is 511. The van der Waals surface area contributed by atoms with Crippen molar-refractivity contribution in [3.63, 3.8) is 0 Å². The largest absolute Gasteiger partial charge is 0.458 e. The normalized spacial score (nSPS) is 10.8. The maximum atomic E-state index is 5.93. The Balaban J connectivity index is 2.37. The summed E-state index contributed by atoms with van der Waals surface area (Å²) in [4.78, 5) is 8.47. The summed E-state index contributed by atoms with van der Waals surface area (Å²) in [5.41, 5.74) is 0.733. The second-order valence-corrected chi connectivity index (χ2v) is 3.95. The van der Waals surface area contributed by atoms with Gasteiger partial charge in [-0.25, -0.2) is 9.97 Å². The molecule has 0 spiro atoms. The van der Waals surface area contributed by atoms with Crippen molar-refractivity contribution in [1.29, 1.82) is 0 Å². The SMILES string of the molecule is CCc1ccc(-c2nc(Cl)cc(COC)n2)o1. The Morgan fingerprint density at radius 2 is 2.18 bits per heavy atom. The van der Waals surface area contributed by atoms with Crippen LogP contribution in [0.1, 0.15) is 18.4 Å². The molecule has 0 aliphatic rings. The van der Waals surface area contributed by atoms with Crippen LogP contribution in [-0.2, 0) is 17.8 Å². The fourth-order valence-electron chi connectivity index (χ4n) is 1.48. The van der Waals surface area contributed by atoms with E-state index in [-0.39, 0.29) is 0 Å². The van der Waals surface area contributed by atoms with Crippen LogP contribution < -0.4 is 0 Å². The van der Waals surface area contributed by atoms with Gasteiger partial charge >= 0.3 is 0 Å². The highest BCUT2D eigenvalue weighted by Crippen LogP contribution is 2.21. The summed E-state index contributed by atoms with van der Waals surface area (Å²) < 4.78 is 10.6. The zero-order valence-electron chi connectivity index (χ0n) is 9.74. The highest BCUT2D eigenvalue weighted by atomic mass is 35.5. The molecule has 0 saturated carbocycles. The van der Waals surface area contributed by atoms with Crippen LogP contribution in [0.3, 0.4) is 0 Å². The monoisotopic (exact) mass is 252 g/mol. The number of aromatic nitrogens is 2. The Labute approximate surface area is 105 Å². The number of halogens is 1. The van der Waals surface area contributed by atoms with Gasteiger partial charge in [0.2, 0.25) is 0 Å². The molecule has 0 aliphatic heterocycles. The number of rotatable bonds is 4. The quantitative estimate of drug-likeness (QED) is 0.785. The molecule has 0 fully saturated rings. The van der Waals surface area contributed by atoms with Gasteiger partial charge in [-0.2, -0.15) is 0 Å². The summed E-state index contributed by atoms with van der Waals surface area (Å²) in [6.07, 6.45) is 0.839. The average molecular weight is 253 g/mol. The van der Waals surface area contributed by atoms with E-state index in [4.69, 9.17) is 20.8 Å². The van der Waals surface area contributed by atoms with Gasteiger partial charge in [-0.3, -0.25) is 0 Å². The number of nitrogens with zero attached hydrogens (tertiary/aromatic N) is 2. The summed E-state index contributed by atoms with van der Waals surface area (Å²) in [6.45, 7) is 2.42. The van der Waals surface area contributed by atoms with E-state index in [0.717, 1.165) is 17.9 Å². The number of hydrogen-bond donors (Lipinski definition) is 0. The van der Waals surface area contributed by atoms with Crippen LogP contribution in [0.25, 0.3) is 11.6 Å². The fraction of sp³-hybridized carbons (Fsp3) is 0.333. The van der Waals surface area contributed by atoms with E-state index < -0.39 is 0 Å². The van der Waals surface area contributed by atoms with Gasteiger partial charge in [0.1, 0.15) is 10.9 Å². The predicted molar refractivity (Wildman–Crippen MR) is 64.8 cm³/mol. The smallest absolute Gasteiger partial charge is 0.197 e. The molecule has 0 radical (unpaired) electrons. The van der Waals surface area contributed by atoms with E-state index in [1.807, 2.05) is 19.1 Å². The number of furan rings is 1. The summed E-state index contributed by atoms with van der Waals surface area (Å²) in [7, 11) is 1.61. The van der Waals surface area contributed by atoms with Crippen LogP contribution in [-0.4, -0.2) is 17.1 Å². The van der Waals surface area contributed by atoms with Crippen LogP contribution >= 0.6 is 11.6 Å². The maximum absolute atomic E-state index is 5.93. The van der Waals surface area contributed by atoms with E-state index in [0.29, 0.717) is 23.3 Å². The van der Waals surface area contributed by atoms with Crippen molar-refractivity contribution in [2.75, 3.05) is 7.11 Å². The summed E-state index contributed by atoms with van der Waals surface area (Å²) in [6, 6.07) is 5.44. The van der Waals surface area contributed by atoms with Crippen LogP contribution in [0, 0.1) is 0 Å². The lowest BCUT2D eigenvalue weighted by Crippen LogP contribution is -1.97. The molecule has 90 valence electrons. The van der Waals surface area contributed by atoms with Gasteiger partial charge in [0.25, 0.3) is 0 Å². The van der Waals surface area contributed by atoms with Gasteiger partial charge < -0.3 is 9.15 Å². The first-order chi connectivity index (χ1) is 8.22. The minimum atomic E-state index is 0.386. The average Bonchev–Trinajstić information content (AvgIpc) is 2.77. The first kappa shape index (κ1) is 12.1. The van der Waals surface area contributed by atoms with Crippen LogP contribution in [0.5, 0.6) is 0 Å². The molecule has 2 aromatic heterocycles. The topological polar surface area (TPSA) is 48.2 Å². The molecule has 0 bridgehead atoms. The molecule has 4 nitrogen and oxygen atoms in total. The minimum absolute atomic E-state index is 0.386. The number of ether oxygens (including phenoxy) is 1.